The SMILES string of the molecule is CCNC(=O)CN(C)C(=O)C1CCCCC1CN. The molecule has 1 saturated carbocycles. The standard InChI is InChI=1S/C13H25N3O2/c1-3-15-12(17)9-16(2)13(18)11-7-5-4-6-10(11)8-14/h10-11H,3-9,14H2,1-2H3,(H,15,17). The zero-order valence-electron chi connectivity index (χ0n) is 11.4. The molecule has 0 aromatic heterocycles. The van der Waals surface area contributed by atoms with E-state index in [4.69, 9.17) is 5.73 Å². The Morgan fingerprint density at radius 3 is 2.61 bits per heavy atom. The molecule has 5 nitrogen and oxygen atoms in total. The van der Waals surface area contributed by atoms with Crippen molar-refractivity contribution in [1.29, 1.82) is 0 Å². The van der Waals surface area contributed by atoms with E-state index in [1.165, 1.54) is 4.90 Å². The molecule has 2 unspecified atom stereocenters. The van der Waals surface area contributed by atoms with Gasteiger partial charge >= 0.3 is 0 Å². The monoisotopic (exact) mass is 255 g/mol. The second kappa shape index (κ2) is 7.36. The molecule has 1 rings (SSSR count). The molecular formula is C13H25N3O2. The van der Waals surface area contributed by atoms with Gasteiger partial charge in [0.25, 0.3) is 0 Å². The Kier molecular flexibility index (Phi) is 6.12. The van der Waals surface area contributed by atoms with Gasteiger partial charge in [0.1, 0.15) is 0 Å². The summed E-state index contributed by atoms with van der Waals surface area (Å²) in [7, 11) is 1.69. The molecule has 0 saturated heterocycles. The summed E-state index contributed by atoms with van der Waals surface area (Å²) in [6.07, 6.45) is 4.18. The van der Waals surface area contributed by atoms with Crippen LogP contribution in [0.15, 0.2) is 0 Å². The molecule has 0 radical (unpaired) electrons. The average Bonchev–Trinajstić information content (AvgIpc) is 2.38. The maximum absolute atomic E-state index is 12.3. The summed E-state index contributed by atoms with van der Waals surface area (Å²) in [5, 5.41) is 2.70. The maximum atomic E-state index is 12.3. The molecule has 104 valence electrons. The topological polar surface area (TPSA) is 75.4 Å². The Balaban J connectivity index is 2.53. The summed E-state index contributed by atoms with van der Waals surface area (Å²) in [5.74, 6) is 0.246. The molecular weight excluding hydrogens is 230 g/mol. The maximum Gasteiger partial charge on any atom is 0.239 e. The van der Waals surface area contributed by atoms with Gasteiger partial charge in [0.2, 0.25) is 11.8 Å². The molecule has 3 N–H and O–H groups in total. The fourth-order valence-corrected chi connectivity index (χ4v) is 2.64. The summed E-state index contributed by atoms with van der Waals surface area (Å²) < 4.78 is 0. The van der Waals surface area contributed by atoms with Crippen molar-refractivity contribution in [3.63, 3.8) is 0 Å². The van der Waals surface area contributed by atoms with Crippen molar-refractivity contribution >= 4 is 11.8 Å². The van der Waals surface area contributed by atoms with Crippen molar-refractivity contribution in [2.75, 3.05) is 26.7 Å². The first-order valence-electron chi connectivity index (χ1n) is 6.81. The molecule has 1 aliphatic rings. The van der Waals surface area contributed by atoms with Crippen LogP contribution in [0, 0.1) is 11.8 Å². The third-order valence-corrected chi connectivity index (χ3v) is 3.66. The van der Waals surface area contributed by atoms with Crippen molar-refractivity contribution in [3.8, 4) is 0 Å². The number of nitrogens with one attached hydrogen (secondary N) is 1. The minimum atomic E-state index is -0.103. The Bertz CT molecular complexity index is 294. The highest BCUT2D eigenvalue weighted by Crippen LogP contribution is 2.30. The third-order valence-electron chi connectivity index (χ3n) is 3.66. The van der Waals surface area contributed by atoms with E-state index in [2.05, 4.69) is 5.32 Å². The minimum absolute atomic E-state index is 0.00294. The van der Waals surface area contributed by atoms with Gasteiger partial charge in [-0.25, -0.2) is 0 Å². The van der Waals surface area contributed by atoms with Crippen LogP contribution in [-0.2, 0) is 9.59 Å². The first kappa shape index (κ1) is 15.0. The van der Waals surface area contributed by atoms with Crippen molar-refractivity contribution < 1.29 is 9.59 Å². The van der Waals surface area contributed by atoms with Gasteiger partial charge in [-0.1, -0.05) is 12.8 Å². The van der Waals surface area contributed by atoms with Crippen LogP contribution in [0.25, 0.3) is 0 Å². The normalized spacial score (nSPS) is 23.5. The summed E-state index contributed by atoms with van der Waals surface area (Å²) in [6, 6.07) is 0. The Morgan fingerprint density at radius 1 is 1.33 bits per heavy atom. The molecule has 1 aliphatic carbocycles. The van der Waals surface area contributed by atoms with E-state index >= 15 is 0 Å². The molecule has 5 heteroatoms. The van der Waals surface area contributed by atoms with Crippen LogP contribution in [0.2, 0.25) is 0 Å². The highest BCUT2D eigenvalue weighted by Gasteiger charge is 2.32. The van der Waals surface area contributed by atoms with E-state index in [0.717, 1.165) is 25.7 Å². The molecule has 0 aromatic rings. The number of carbonyl (C=O) groups is 2. The van der Waals surface area contributed by atoms with Gasteiger partial charge in [-0.05, 0) is 32.2 Å². The first-order chi connectivity index (χ1) is 8.60. The fourth-order valence-electron chi connectivity index (χ4n) is 2.64. The lowest BCUT2D eigenvalue weighted by atomic mass is 9.78. The number of nitrogens with zero attached hydrogens (tertiary/aromatic N) is 1. The molecule has 2 amide bonds. The number of hydrogen-bond donors (Lipinski definition) is 2. The van der Waals surface area contributed by atoms with Crippen LogP contribution >= 0.6 is 0 Å². The van der Waals surface area contributed by atoms with Crippen LogP contribution < -0.4 is 11.1 Å². The summed E-state index contributed by atoms with van der Waals surface area (Å²) >= 11 is 0. The lowest BCUT2D eigenvalue weighted by molar-refractivity contribution is -0.140. The van der Waals surface area contributed by atoms with Gasteiger partial charge in [-0.3, -0.25) is 9.59 Å². The van der Waals surface area contributed by atoms with Crippen LogP contribution in [0.1, 0.15) is 32.6 Å². The lowest BCUT2D eigenvalue weighted by Crippen LogP contribution is -2.44. The second-order valence-corrected chi connectivity index (χ2v) is 5.03. The summed E-state index contributed by atoms with van der Waals surface area (Å²) in [6.45, 7) is 3.16. The van der Waals surface area contributed by atoms with E-state index in [-0.39, 0.29) is 30.2 Å². The number of rotatable bonds is 5. The molecule has 0 heterocycles. The molecule has 0 spiro atoms. The number of amides is 2. The predicted molar refractivity (Wildman–Crippen MR) is 70.8 cm³/mol. The van der Waals surface area contributed by atoms with Gasteiger partial charge in [0.15, 0.2) is 0 Å². The first-order valence-corrected chi connectivity index (χ1v) is 6.81. The largest absolute Gasteiger partial charge is 0.355 e. The van der Waals surface area contributed by atoms with Crippen LogP contribution in [-0.4, -0.2) is 43.4 Å². The Morgan fingerprint density at radius 2 is 2.00 bits per heavy atom. The quantitative estimate of drug-likeness (QED) is 0.744. The van der Waals surface area contributed by atoms with Gasteiger partial charge in [0.05, 0.1) is 6.54 Å². The van der Waals surface area contributed by atoms with Gasteiger partial charge in [-0.15, -0.1) is 0 Å². The van der Waals surface area contributed by atoms with Crippen molar-refractivity contribution in [3.05, 3.63) is 0 Å². The van der Waals surface area contributed by atoms with Gasteiger partial charge < -0.3 is 16.0 Å². The lowest BCUT2D eigenvalue weighted by Gasteiger charge is -2.32. The predicted octanol–water partition coefficient (Wildman–Crippen LogP) is 0.346. The zero-order chi connectivity index (χ0) is 13.5. The third kappa shape index (κ3) is 3.98. The number of carbonyl (C=O) groups excluding carboxylic acids is 2. The molecule has 1 fully saturated rings. The van der Waals surface area contributed by atoms with Crippen molar-refractivity contribution in [2.45, 2.75) is 32.6 Å². The van der Waals surface area contributed by atoms with E-state index in [9.17, 15) is 9.59 Å². The number of likely N-dealkylation sites (N-methyl/N-ethyl adjacent to an activating group) is 2. The zero-order valence-corrected chi connectivity index (χ0v) is 11.4. The average molecular weight is 255 g/mol. The smallest absolute Gasteiger partial charge is 0.239 e. The minimum Gasteiger partial charge on any atom is -0.355 e. The Hall–Kier alpha value is -1.10. The molecule has 0 aromatic carbocycles. The second-order valence-electron chi connectivity index (χ2n) is 5.03. The van der Waals surface area contributed by atoms with Crippen molar-refractivity contribution in [2.24, 2.45) is 17.6 Å². The van der Waals surface area contributed by atoms with Crippen LogP contribution in [0.3, 0.4) is 0 Å². The highest BCUT2D eigenvalue weighted by atomic mass is 16.2. The van der Waals surface area contributed by atoms with E-state index in [1.54, 1.807) is 7.05 Å². The Labute approximate surface area is 109 Å². The van der Waals surface area contributed by atoms with Crippen LogP contribution in [0.4, 0.5) is 0 Å². The number of nitrogens with two attached hydrogens (primary N) is 1. The van der Waals surface area contributed by atoms with E-state index in [0.29, 0.717) is 13.1 Å². The van der Waals surface area contributed by atoms with Crippen molar-refractivity contribution in [1.82, 2.24) is 10.2 Å². The molecule has 18 heavy (non-hydrogen) atoms. The van der Waals surface area contributed by atoms with Crippen LogP contribution in [0.5, 0.6) is 0 Å². The molecule has 0 bridgehead atoms. The summed E-state index contributed by atoms with van der Waals surface area (Å²) in [4.78, 5) is 25.3. The van der Waals surface area contributed by atoms with Gasteiger partial charge in [0, 0.05) is 19.5 Å². The highest BCUT2D eigenvalue weighted by molar-refractivity contribution is 5.85. The van der Waals surface area contributed by atoms with E-state index < -0.39 is 0 Å². The summed E-state index contributed by atoms with van der Waals surface area (Å²) in [5.41, 5.74) is 5.73. The molecule has 2 atom stereocenters. The van der Waals surface area contributed by atoms with E-state index in [1.807, 2.05) is 6.92 Å². The van der Waals surface area contributed by atoms with Gasteiger partial charge in [-0.2, -0.15) is 0 Å². The number of hydrogen-bond acceptors (Lipinski definition) is 3. The fraction of sp³-hybridized carbons (Fsp3) is 0.846. The molecule has 0 aliphatic heterocycles.